The van der Waals surface area contributed by atoms with Crippen LogP contribution in [0.3, 0.4) is 0 Å². The minimum atomic E-state index is 0. The van der Waals surface area contributed by atoms with E-state index in [0.717, 1.165) is 37.0 Å². The largest absolute Gasteiger partial charge is 0.357 e. The molecule has 0 aliphatic carbocycles. The van der Waals surface area contributed by atoms with Gasteiger partial charge in [-0.15, -0.1) is 24.0 Å². The Labute approximate surface area is 147 Å². The first kappa shape index (κ1) is 18.4. The molecular formula is C13H23IN8. The Morgan fingerprint density at radius 3 is 2.73 bits per heavy atom. The molecule has 0 unspecified atom stereocenters. The van der Waals surface area contributed by atoms with Crippen LogP contribution in [0.25, 0.3) is 0 Å². The molecule has 0 fully saturated rings. The van der Waals surface area contributed by atoms with Crippen LogP contribution in [-0.2, 0) is 20.1 Å². The summed E-state index contributed by atoms with van der Waals surface area (Å²) in [4.78, 5) is 8.65. The van der Waals surface area contributed by atoms with E-state index in [0.29, 0.717) is 6.54 Å². The molecule has 0 aromatic carbocycles. The molecule has 2 aromatic heterocycles. The van der Waals surface area contributed by atoms with Crippen LogP contribution < -0.4 is 10.6 Å². The summed E-state index contributed by atoms with van der Waals surface area (Å²) in [7, 11) is 1.86. The van der Waals surface area contributed by atoms with E-state index in [9.17, 15) is 0 Å². The maximum absolute atomic E-state index is 4.49. The highest BCUT2D eigenvalue weighted by molar-refractivity contribution is 14.0. The first-order chi connectivity index (χ1) is 10.2. The van der Waals surface area contributed by atoms with E-state index in [1.54, 1.807) is 4.68 Å². The number of hydrogen-bond acceptors (Lipinski definition) is 4. The number of aromatic nitrogens is 5. The van der Waals surface area contributed by atoms with Crippen LogP contribution >= 0.6 is 24.0 Å². The van der Waals surface area contributed by atoms with Crippen LogP contribution in [0.1, 0.15) is 18.3 Å². The van der Waals surface area contributed by atoms with Gasteiger partial charge in [-0.05, 0) is 19.4 Å². The Bertz CT molecular complexity index is 588. The zero-order valence-electron chi connectivity index (χ0n) is 13.2. The molecule has 2 N–H and O–H groups in total. The first-order valence-electron chi connectivity index (χ1n) is 7.03. The Morgan fingerprint density at radius 2 is 2.14 bits per heavy atom. The van der Waals surface area contributed by atoms with Gasteiger partial charge in [0, 0.05) is 26.3 Å². The van der Waals surface area contributed by atoms with Crippen molar-refractivity contribution in [3.63, 3.8) is 0 Å². The number of aliphatic imine (C=N–C) groups is 1. The van der Waals surface area contributed by atoms with Gasteiger partial charge in [-0.25, -0.2) is 9.98 Å². The summed E-state index contributed by atoms with van der Waals surface area (Å²) in [5, 5.41) is 14.8. The fourth-order valence-corrected chi connectivity index (χ4v) is 1.83. The standard InChI is InChI=1S/C13H22N8.HI/c1-4-14-13(16-8-12-17-10-19-20(12)3)15-5-6-21-9-11(2)7-18-21;/h7,9-10H,4-6,8H2,1-3H3,(H2,14,15,16);1H. The molecule has 0 saturated carbocycles. The van der Waals surface area contributed by atoms with E-state index in [1.807, 2.05) is 38.0 Å². The molecule has 0 radical (unpaired) electrons. The smallest absolute Gasteiger partial charge is 0.191 e. The topological polar surface area (TPSA) is 85.0 Å². The quantitative estimate of drug-likeness (QED) is 0.410. The van der Waals surface area contributed by atoms with Crippen molar-refractivity contribution in [2.75, 3.05) is 13.1 Å². The maximum atomic E-state index is 4.49. The molecule has 9 heteroatoms. The van der Waals surface area contributed by atoms with Gasteiger partial charge in [0.2, 0.25) is 0 Å². The highest BCUT2D eigenvalue weighted by atomic mass is 127. The predicted molar refractivity (Wildman–Crippen MR) is 96.2 cm³/mol. The minimum Gasteiger partial charge on any atom is -0.357 e. The molecule has 8 nitrogen and oxygen atoms in total. The zero-order chi connectivity index (χ0) is 15.1. The summed E-state index contributed by atoms with van der Waals surface area (Å²) >= 11 is 0. The molecular weight excluding hydrogens is 395 g/mol. The van der Waals surface area contributed by atoms with E-state index in [1.165, 1.54) is 6.33 Å². The van der Waals surface area contributed by atoms with Crippen molar-refractivity contribution in [1.29, 1.82) is 0 Å². The van der Waals surface area contributed by atoms with Gasteiger partial charge in [0.15, 0.2) is 5.96 Å². The Hall–Kier alpha value is -1.65. The van der Waals surface area contributed by atoms with Gasteiger partial charge in [-0.2, -0.15) is 10.2 Å². The van der Waals surface area contributed by atoms with Gasteiger partial charge in [0.25, 0.3) is 0 Å². The van der Waals surface area contributed by atoms with E-state index in [2.05, 4.69) is 30.8 Å². The number of halogens is 1. The molecule has 0 aliphatic rings. The van der Waals surface area contributed by atoms with Gasteiger partial charge in [0.05, 0.1) is 12.7 Å². The summed E-state index contributed by atoms with van der Waals surface area (Å²) in [5.74, 6) is 1.60. The average molecular weight is 418 g/mol. The third kappa shape index (κ3) is 5.62. The second-order valence-electron chi connectivity index (χ2n) is 4.70. The van der Waals surface area contributed by atoms with E-state index >= 15 is 0 Å². The van der Waals surface area contributed by atoms with Crippen LogP contribution in [-0.4, -0.2) is 43.6 Å². The van der Waals surface area contributed by atoms with Gasteiger partial charge in [-0.1, -0.05) is 0 Å². The lowest BCUT2D eigenvalue weighted by molar-refractivity contribution is 0.597. The maximum Gasteiger partial charge on any atom is 0.191 e. The SMILES string of the molecule is CCNC(=NCc1ncnn1C)NCCn1cc(C)cn1.I. The number of aryl methyl sites for hydroxylation is 2. The Kier molecular flexibility index (Phi) is 7.85. The van der Waals surface area contributed by atoms with Gasteiger partial charge < -0.3 is 10.6 Å². The van der Waals surface area contributed by atoms with E-state index in [-0.39, 0.29) is 24.0 Å². The molecule has 0 aliphatic heterocycles. The summed E-state index contributed by atoms with van der Waals surface area (Å²) in [6.07, 6.45) is 5.41. The lowest BCUT2D eigenvalue weighted by Gasteiger charge is -2.11. The van der Waals surface area contributed by atoms with Crippen LogP contribution in [0, 0.1) is 6.92 Å². The zero-order valence-corrected chi connectivity index (χ0v) is 15.5. The molecule has 0 bridgehead atoms. The number of guanidine groups is 1. The van der Waals surface area contributed by atoms with Crippen LogP contribution in [0.4, 0.5) is 0 Å². The molecule has 0 saturated heterocycles. The second kappa shape index (κ2) is 9.38. The van der Waals surface area contributed by atoms with Crippen molar-refractivity contribution in [1.82, 2.24) is 35.2 Å². The highest BCUT2D eigenvalue weighted by Crippen LogP contribution is 1.94. The van der Waals surface area contributed by atoms with Gasteiger partial charge in [0.1, 0.15) is 18.7 Å². The molecule has 2 aromatic rings. The van der Waals surface area contributed by atoms with E-state index in [4.69, 9.17) is 0 Å². The van der Waals surface area contributed by atoms with E-state index < -0.39 is 0 Å². The molecule has 0 atom stereocenters. The summed E-state index contributed by atoms with van der Waals surface area (Å²) in [5.41, 5.74) is 1.16. The average Bonchev–Trinajstić information content (AvgIpc) is 3.05. The predicted octanol–water partition coefficient (Wildman–Crippen LogP) is 0.693. The third-order valence-electron chi connectivity index (χ3n) is 2.92. The number of nitrogens with one attached hydrogen (secondary N) is 2. The Balaban J connectivity index is 0.00000242. The molecule has 2 rings (SSSR count). The molecule has 2 heterocycles. The summed E-state index contributed by atoms with van der Waals surface area (Å²) < 4.78 is 3.63. The lowest BCUT2D eigenvalue weighted by atomic mass is 10.4. The van der Waals surface area contributed by atoms with Crippen molar-refractivity contribution >= 4 is 29.9 Å². The molecule has 122 valence electrons. The fourth-order valence-electron chi connectivity index (χ4n) is 1.83. The molecule has 22 heavy (non-hydrogen) atoms. The van der Waals surface area contributed by atoms with Crippen molar-refractivity contribution in [2.24, 2.45) is 12.0 Å². The normalized spacial score (nSPS) is 11.1. The number of rotatable bonds is 6. The van der Waals surface area contributed by atoms with Crippen LogP contribution in [0.15, 0.2) is 23.7 Å². The molecule has 0 amide bonds. The van der Waals surface area contributed by atoms with Crippen LogP contribution in [0.2, 0.25) is 0 Å². The summed E-state index contributed by atoms with van der Waals surface area (Å²) in [6, 6.07) is 0. The Morgan fingerprint density at radius 1 is 1.32 bits per heavy atom. The van der Waals surface area contributed by atoms with Crippen molar-refractivity contribution in [2.45, 2.75) is 26.9 Å². The lowest BCUT2D eigenvalue weighted by Crippen LogP contribution is -2.39. The minimum absolute atomic E-state index is 0. The second-order valence-corrected chi connectivity index (χ2v) is 4.70. The molecule has 0 spiro atoms. The summed E-state index contributed by atoms with van der Waals surface area (Å²) in [6.45, 7) is 6.92. The monoisotopic (exact) mass is 418 g/mol. The van der Waals surface area contributed by atoms with Crippen LogP contribution in [0.5, 0.6) is 0 Å². The highest BCUT2D eigenvalue weighted by Gasteiger charge is 2.01. The van der Waals surface area contributed by atoms with Crippen molar-refractivity contribution in [3.05, 3.63) is 30.1 Å². The van der Waals surface area contributed by atoms with Crippen molar-refractivity contribution < 1.29 is 0 Å². The fraction of sp³-hybridized carbons (Fsp3) is 0.538. The van der Waals surface area contributed by atoms with Crippen molar-refractivity contribution in [3.8, 4) is 0 Å². The van der Waals surface area contributed by atoms with Gasteiger partial charge in [-0.3, -0.25) is 9.36 Å². The number of nitrogens with zero attached hydrogens (tertiary/aromatic N) is 6. The first-order valence-corrected chi connectivity index (χ1v) is 7.03. The third-order valence-corrected chi connectivity index (χ3v) is 2.92. The van der Waals surface area contributed by atoms with Gasteiger partial charge >= 0.3 is 0 Å². The number of hydrogen-bond donors (Lipinski definition) is 2.